The van der Waals surface area contributed by atoms with Crippen LogP contribution < -0.4 is 5.32 Å². The van der Waals surface area contributed by atoms with Crippen molar-refractivity contribution in [3.8, 4) is 0 Å². The summed E-state index contributed by atoms with van der Waals surface area (Å²) >= 11 is 0. The maximum atomic E-state index is 11.9. The molecule has 0 aromatic rings. The molecule has 1 aliphatic rings. The van der Waals surface area contributed by atoms with Gasteiger partial charge in [0.05, 0.1) is 0 Å². The van der Waals surface area contributed by atoms with Crippen LogP contribution in [0.25, 0.3) is 0 Å². The third-order valence-electron chi connectivity index (χ3n) is 3.02. The molecule has 0 aromatic heterocycles. The van der Waals surface area contributed by atoms with Crippen molar-refractivity contribution in [3.63, 3.8) is 0 Å². The minimum absolute atomic E-state index is 0.0333. The number of hydrogen-bond donors (Lipinski definition) is 2. The van der Waals surface area contributed by atoms with E-state index in [4.69, 9.17) is 5.11 Å². The molecular weight excluding hydrogens is 260 g/mol. The van der Waals surface area contributed by atoms with Crippen LogP contribution in [0.5, 0.6) is 0 Å². The molecule has 0 radical (unpaired) electrons. The molecule has 0 bridgehead atoms. The Morgan fingerprint density at radius 1 is 1.33 bits per heavy atom. The van der Waals surface area contributed by atoms with E-state index in [0.717, 1.165) is 6.92 Å². The Balaban J connectivity index is 2.62. The minimum atomic E-state index is -3.79. The van der Waals surface area contributed by atoms with Crippen LogP contribution in [0.4, 0.5) is 0 Å². The number of carboxylic acid groups (broad SMARTS) is 1. The van der Waals surface area contributed by atoms with Gasteiger partial charge in [0.15, 0.2) is 5.25 Å². The summed E-state index contributed by atoms with van der Waals surface area (Å²) in [5.41, 5.74) is 0. The molecule has 1 fully saturated rings. The van der Waals surface area contributed by atoms with Gasteiger partial charge in [-0.2, -0.15) is 0 Å². The maximum Gasteiger partial charge on any atom is 0.323 e. The summed E-state index contributed by atoms with van der Waals surface area (Å²) in [6, 6.07) is -0.0333. The van der Waals surface area contributed by atoms with Crippen LogP contribution in [0.1, 0.15) is 26.7 Å². The van der Waals surface area contributed by atoms with Crippen LogP contribution in [0.15, 0.2) is 0 Å². The quantitative estimate of drug-likeness (QED) is 0.714. The second kappa shape index (κ2) is 5.66. The third kappa shape index (κ3) is 3.42. The van der Waals surface area contributed by atoms with Crippen molar-refractivity contribution in [2.24, 2.45) is 0 Å². The number of nitrogens with zero attached hydrogens (tertiary/aromatic N) is 1. The number of carboxylic acids is 1. The SMILES string of the molecule is CC(=O)NC1CCN(S(=O)(=O)C(C)C(=O)O)CC1. The molecule has 1 aliphatic heterocycles. The molecule has 7 nitrogen and oxygen atoms in total. The van der Waals surface area contributed by atoms with Gasteiger partial charge >= 0.3 is 5.97 Å². The van der Waals surface area contributed by atoms with Gasteiger partial charge in [-0.05, 0) is 19.8 Å². The smallest absolute Gasteiger partial charge is 0.323 e. The van der Waals surface area contributed by atoms with Crippen LogP contribution in [-0.4, -0.2) is 54.1 Å². The first-order valence-electron chi connectivity index (χ1n) is 5.74. The Kier molecular flexibility index (Phi) is 4.69. The zero-order valence-corrected chi connectivity index (χ0v) is 11.2. The fourth-order valence-electron chi connectivity index (χ4n) is 1.89. The highest BCUT2D eigenvalue weighted by atomic mass is 32.2. The number of carbonyl (C=O) groups is 2. The summed E-state index contributed by atoms with van der Waals surface area (Å²) in [7, 11) is -3.79. The predicted octanol–water partition coefficient (Wildman–Crippen LogP) is -0.610. The van der Waals surface area contributed by atoms with E-state index < -0.39 is 21.2 Å². The zero-order chi connectivity index (χ0) is 13.9. The van der Waals surface area contributed by atoms with E-state index in [1.54, 1.807) is 0 Å². The minimum Gasteiger partial charge on any atom is -0.480 e. The fourth-order valence-corrected chi connectivity index (χ4v) is 3.31. The Labute approximate surface area is 106 Å². The summed E-state index contributed by atoms with van der Waals surface area (Å²) < 4.78 is 25.0. The van der Waals surface area contributed by atoms with Crippen molar-refractivity contribution >= 4 is 21.9 Å². The molecule has 0 aliphatic carbocycles. The summed E-state index contributed by atoms with van der Waals surface area (Å²) in [6.45, 7) is 3.06. The molecule has 1 atom stereocenters. The lowest BCUT2D eigenvalue weighted by molar-refractivity contribution is -0.136. The number of rotatable bonds is 4. The molecule has 8 heteroatoms. The molecule has 0 aromatic carbocycles. The fraction of sp³-hybridized carbons (Fsp3) is 0.800. The van der Waals surface area contributed by atoms with Gasteiger partial charge in [-0.1, -0.05) is 0 Å². The second-order valence-corrected chi connectivity index (χ2v) is 6.65. The van der Waals surface area contributed by atoms with E-state index in [2.05, 4.69) is 5.32 Å². The van der Waals surface area contributed by atoms with Gasteiger partial charge < -0.3 is 10.4 Å². The molecule has 18 heavy (non-hydrogen) atoms. The number of piperidine rings is 1. The van der Waals surface area contributed by atoms with E-state index >= 15 is 0 Å². The average molecular weight is 278 g/mol. The molecule has 104 valence electrons. The largest absolute Gasteiger partial charge is 0.480 e. The lowest BCUT2D eigenvalue weighted by atomic mass is 10.1. The molecule has 1 saturated heterocycles. The number of amides is 1. The van der Waals surface area contributed by atoms with Gasteiger partial charge in [-0.3, -0.25) is 9.59 Å². The summed E-state index contributed by atoms with van der Waals surface area (Å²) in [6.07, 6.45) is 1.01. The number of aliphatic carboxylic acids is 1. The van der Waals surface area contributed by atoms with Crippen molar-refractivity contribution in [2.75, 3.05) is 13.1 Å². The van der Waals surface area contributed by atoms with Gasteiger partial charge in [0.25, 0.3) is 0 Å². The first kappa shape index (κ1) is 14.9. The second-order valence-electron chi connectivity index (χ2n) is 4.40. The Hall–Kier alpha value is -1.15. The van der Waals surface area contributed by atoms with Gasteiger partial charge in [0.1, 0.15) is 0 Å². The predicted molar refractivity (Wildman–Crippen MR) is 64.4 cm³/mol. The van der Waals surface area contributed by atoms with E-state index in [0.29, 0.717) is 12.8 Å². The van der Waals surface area contributed by atoms with Crippen molar-refractivity contribution in [3.05, 3.63) is 0 Å². The van der Waals surface area contributed by atoms with Crippen LogP contribution >= 0.6 is 0 Å². The third-order valence-corrected chi connectivity index (χ3v) is 5.20. The lowest BCUT2D eigenvalue weighted by Crippen LogP contribution is -2.49. The molecule has 2 N–H and O–H groups in total. The highest BCUT2D eigenvalue weighted by Crippen LogP contribution is 2.17. The molecule has 1 amide bonds. The van der Waals surface area contributed by atoms with Crippen molar-refractivity contribution < 1.29 is 23.1 Å². The Bertz CT molecular complexity index is 426. The monoisotopic (exact) mass is 278 g/mol. The average Bonchev–Trinajstić information content (AvgIpc) is 2.27. The van der Waals surface area contributed by atoms with Crippen LogP contribution in [0.2, 0.25) is 0 Å². The van der Waals surface area contributed by atoms with E-state index in [9.17, 15) is 18.0 Å². The highest BCUT2D eigenvalue weighted by molar-refractivity contribution is 7.90. The summed E-state index contributed by atoms with van der Waals surface area (Å²) in [5, 5.41) is 10.0. The maximum absolute atomic E-state index is 11.9. The van der Waals surface area contributed by atoms with Crippen molar-refractivity contribution in [1.29, 1.82) is 0 Å². The van der Waals surface area contributed by atoms with E-state index in [1.165, 1.54) is 11.2 Å². The first-order valence-corrected chi connectivity index (χ1v) is 7.24. The lowest BCUT2D eigenvalue weighted by Gasteiger charge is -2.32. The van der Waals surface area contributed by atoms with Crippen LogP contribution in [0, 0.1) is 0 Å². The Morgan fingerprint density at radius 3 is 2.22 bits per heavy atom. The number of sulfonamides is 1. The molecule has 0 spiro atoms. The normalized spacial score (nSPS) is 20.3. The summed E-state index contributed by atoms with van der Waals surface area (Å²) in [4.78, 5) is 21.6. The van der Waals surface area contributed by atoms with Gasteiger partial charge in [0.2, 0.25) is 15.9 Å². The van der Waals surface area contributed by atoms with Gasteiger partial charge in [-0.15, -0.1) is 0 Å². The standard InChI is InChI=1S/C10H18N2O5S/c1-7(10(14)15)18(16,17)12-5-3-9(4-6-12)11-8(2)13/h7,9H,3-6H2,1-2H3,(H,11,13)(H,14,15). The molecule has 1 rings (SSSR count). The van der Waals surface area contributed by atoms with Crippen molar-refractivity contribution in [2.45, 2.75) is 38.0 Å². The highest BCUT2D eigenvalue weighted by Gasteiger charge is 2.35. The Morgan fingerprint density at radius 2 is 1.83 bits per heavy atom. The molecule has 0 saturated carbocycles. The summed E-state index contributed by atoms with van der Waals surface area (Å²) in [5.74, 6) is -1.49. The molecular formula is C10H18N2O5S. The number of nitrogens with one attached hydrogen (secondary N) is 1. The van der Waals surface area contributed by atoms with Gasteiger partial charge in [0, 0.05) is 26.1 Å². The van der Waals surface area contributed by atoms with Crippen molar-refractivity contribution in [1.82, 2.24) is 9.62 Å². The number of carbonyl (C=O) groups excluding carboxylic acids is 1. The molecule has 1 heterocycles. The molecule has 1 unspecified atom stereocenters. The first-order chi connectivity index (χ1) is 8.25. The topological polar surface area (TPSA) is 104 Å². The van der Waals surface area contributed by atoms with Gasteiger partial charge in [-0.25, -0.2) is 12.7 Å². The zero-order valence-electron chi connectivity index (χ0n) is 10.4. The number of hydrogen-bond acceptors (Lipinski definition) is 4. The van der Waals surface area contributed by atoms with E-state index in [-0.39, 0.29) is 25.0 Å². The van der Waals surface area contributed by atoms with E-state index in [1.807, 2.05) is 0 Å². The van der Waals surface area contributed by atoms with Crippen LogP contribution in [0.3, 0.4) is 0 Å². The van der Waals surface area contributed by atoms with Crippen LogP contribution in [-0.2, 0) is 19.6 Å².